The van der Waals surface area contributed by atoms with Gasteiger partial charge in [-0.2, -0.15) is 9.30 Å². The standard InChI is InChI=1S/C24H30N4O7S3/c1-4-7-14-27(5-2)38(33,34)18-10-8-17(9-11-18)23(30)26-24-28(16-22(29)35-6-3)20-13-12-19(37(25,31)32)15-21(20)36-24/h8-13,15H,4-7,14,16H2,1-3H3,(H2,25,31,32). The Morgan fingerprint density at radius 1 is 1.03 bits per heavy atom. The summed E-state index contributed by atoms with van der Waals surface area (Å²) < 4.78 is 57.8. The third kappa shape index (κ3) is 6.74. The number of nitrogens with zero attached hydrogens (tertiary/aromatic N) is 3. The van der Waals surface area contributed by atoms with Crippen molar-refractivity contribution in [2.24, 2.45) is 10.1 Å². The molecule has 0 atom stereocenters. The summed E-state index contributed by atoms with van der Waals surface area (Å²) in [7, 11) is -7.67. The first-order valence-electron chi connectivity index (χ1n) is 11.9. The molecule has 0 aliphatic carbocycles. The van der Waals surface area contributed by atoms with Crippen LogP contribution in [0.2, 0.25) is 0 Å². The van der Waals surface area contributed by atoms with Crippen LogP contribution >= 0.6 is 11.3 Å². The largest absolute Gasteiger partial charge is 0.465 e. The number of benzene rings is 2. The first-order chi connectivity index (χ1) is 17.9. The molecule has 0 aliphatic heterocycles. The van der Waals surface area contributed by atoms with Gasteiger partial charge in [-0.25, -0.2) is 22.0 Å². The second kappa shape index (κ2) is 12.3. The highest BCUT2D eigenvalue weighted by atomic mass is 32.2. The van der Waals surface area contributed by atoms with Crippen LogP contribution in [0.5, 0.6) is 0 Å². The third-order valence-corrected chi connectivity index (χ3v) is 9.57. The quantitative estimate of drug-likeness (QED) is 0.340. The Balaban J connectivity index is 2.02. The molecule has 0 unspecified atom stereocenters. The van der Waals surface area contributed by atoms with Gasteiger partial charge in [0.2, 0.25) is 20.0 Å². The number of primary sulfonamides is 1. The molecule has 206 valence electrons. The van der Waals surface area contributed by atoms with Crippen molar-refractivity contribution in [2.75, 3.05) is 19.7 Å². The van der Waals surface area contributed by atoms with Crippen LogP contribution in [-0.2, 0) is 36.1 Å². The molecular weight excluding hydrogens is 552 g/mol. The molecule has 3 aromatic rings. The van der Waals surface area contributed by atoms with Crippen molar-refractivity contribution < 1.29 is 31.2 Å². The van der Waals surface area contributed by atoms with Gasteiger partial charge >= 0.3 is 5.97 Å². The molecule has 2 aromatic carbocycles. The predicted octanol–water partition coefficient (Wildman–Crippen LogP) is 2.47. The van der Waals surface area contributed by atoms with Crippen LogP contribution < -0.4 is 9.94 Å². The molecule has 14 heteroatoms. The molecule has 1 amide bonds. The van der Waals surface area contributed by atoms with Gasteiger partial charge in [0.15, 0.2) is 4.80 Å². The summed E-state index contributed by atoms with van der Waals surface area (Å²) >= 11 is 1.00. The zero-order chi connectivity index (χ0) is 28.1. The van der Waals surface area contributed by atoms with E-state index >= 15 is 0 Å². The zero-order valence-corrected chi connectivity index (χ0v) is 23.7. The number of hydrogen-bond donors (Lipinski definition) is 1. The Bertz CT molecular complexity index is 1610. The second-order valence-corrected chi connectivity index (χ2v) is 12.8. The smallest absolute Gasteiger partial charge is 0.326 e. The number of esters is 1. The van der Waals surface area contributed by atoms with Crippen molar-refractivity contribution in [3.8, 4) is 0 Å². The molecule has 0 bridgehead atoms. The minimum absolute atomic E-state index is 0.0711. The zero-order valence-electron chi connectivity index (χ0n) is 21.3. The van der Waals surface area contributed by atoms with E-state index in [1.54, 1.807) is 13.8 Å². The lowest BCUT2D eigenvalue weighted by Crippen LogP contribution is -2.31. The van der Waals surface area contributed by atoms with Crippen molar-refractivity contribution in [2.45, 2.75) is 49.9 Å². The number of hydrogen-bond acceptors (Lipinski definition) is 8. The molecule has 2 N–H and O–H groups in total. The van der Waals surface area contributed by atoms with E-state index in [0.717, 1.165) is 24.2 Å². The molecule has 0 fully saturated rings. The molecule has 0 radical (unpaired) electrons. The highest BCUT2D eigenvalue weighted by molar-refractivity contribution is 7.89. The van der Waals surface area contributed by atoms with Crippen molar-refractivity contribution >= 4 is 53.5 Å². The number of carbonyl (C=O) groups is 2. The first kappa shape index (κ1) is 29.6. The maximum atomic E-state index is 13.0. The highest BCUT2D eigenvalue weighted by Crippen LogP contribution is 2.22. The van der Waals surface area contributed by atoms with E-state index in [-0.39, 0.29) is 33.3 Å². The van der Waals surface area contributed by atoms with E-state index in [0.29, 0.717) is 23.3 Å². The van der Waals surface area contributed by atoms with E-state index < -0.39 is 31.9 Å². The number of amides is 1. The monoisotopic (exact) mass is 582 g/mol. The number of nitrogens with two attached hydrogens (primary N) is 1. The molecule has 1 aromatic heterocycles. The number of unbranched alkanes of at least 4 members (excludes halogenated alkanes) is 1. The minimum atomic E-state index is -3.97. The van der Waals surface area contributed by atoms with Crippen molar-refractivity contribution in [1.82, 2.24) is 8.87 Å². The number of thiazole rings is 1. The number of aromatic nitrogens is 1. The second-order valence-electron chi connectivity index (χ2n) is 8.24. The fourth-order valence-corrected chi connectivity index (χ4v) is 6.83. The SMILES string of the molecule is CCCCN(CC)S(=O)(=O)c1ccc(C(=O)N=c2sc3cc(S(N)(=O)=O)ccc3n2CC(=O)OCC)cc1. The summed E-state index contributed by atoms with van der Waals surface area (Å²) in [5.41, 5.74) is 0.612. The van der Waals surface area contributed by atoms with E-state index in [9.17, 15) is 26.4 Å². The number of sulfonamides is 2. The topological polar surface area (TPSA) is 158 Å². The van der Waals surface area contributed by atoms with Gasteiger partial charge in [0.05, 0.1) is 26.6 Å². The number of rotatable bonds is 11. The Morgan fingerprint density at radius 2 is 1.68 bits per heavy atom. The molecule has 0 saturated carbocycles. The molecule has 0 spiro atoms. The van der Waals surface area contributed by atoms with Crippen LogP contribution in [0.4, 0.5) is 0 Å². The lowest BCUT2D eigenvalue weighted by atomic mass is 10.2. The first-order valence-corrected chi connectivity index (χ1v) is 15.7. The molecule has 38 heavy (non-hydrogen) atoms. The van der Waals surface area contributed by atoms with Gasteiger partial charge in [-0.15, -0.1) is 0 Å². The van der Waals surface area contributed by atoms with E-state index in [4.69, 9.17) is 9.88 Å². The van der Waals surface area contributed by atoms with Crippen LogP contribution in [0, 0.1) is 0 Å². The van der Waals surface area contributed by atoms with Crippen LogP contribution in [0.3, 0.4) is 0 Å². The van der Waals surface area contributed by atoms with Crippen molar-refractivity contribution in [3.05, 3.63) is 52.8 Å². The van der Waals surface area contributed by atoms with E-state index in [1.165, 1.54) is 51.3 Å². The number of ether oxygens (including phenoxy) is 1. The van der Waals surface area contributed by atoms with Gasteiger partial charge in [0.1, 0.15) is 6.54 Å². The Morgan fingerprint density at radius 3 is 2.26 bits per heavy atom. The molecule has 0 aliphatic rings. The Hall–Kier alpha value is -2.91. The molecule has 11 nitrogen and oxygen atoms in total. The minimum Gasteiger partial charge on any atom is -0.465 e. The fourth-order valence-electron chi connectivity index (χ4n) is 3.66. The maximum Gasteiger partial charge on any atom is 0.326 e. The van der Waals surface area contributed by atoms with Crippen molar-refractivity contribution in [3.63, 3.8) is 0 Å². The van der Waals surface area contributed by atoms with Gasteiger partial charge < -0.3 is 9.30 Å². The van der Waals surface area contributed by atoms with Crippen LogP contribution in [0.15, 0.2) is 57.2 Å². The average Bonchev–Trinajstić information content (AvgIpc) is 3.20. The van der Waals surface area contributed by atoms with Gasteiger partial charge in [0.25, 0.3) is 5.91 Å². The van der Waals surface area contributed by atoms with E-state index in [1.807, 2.05) is 6.92 Å². The normalized spacial score (nSPS) is 12.8. The predicted molar refractivity (Wildman–Crippen MR) is 143 cm³/mol. The summed E-state index contributed by atoms with van der Waals surface area (Å²) in [6, 6.07) is 9.62. The van der Waals surface area contributed by atoms with Gasteiger partial charge in [-0.3, -0.25) is 9.59 Å². The summed E-state index contributed by atoms with van der Waals surface area (Å²) in [5.74, 6) is -1.22. The Kier molecular flexibility index (Phi) is 9.59. The third-order valence-electron chi connectivity index (χ3n) is 5.63. The number of carbonyl (C=O) groups excluding carboxylic acids is 2. The van der Waals surface area contributed by atoms with Crippen LogP contribution in [0.25, 0.3) is 10.2 Å². The maximum absolute atomic E-state index is 13.0. The molecule has 1 heterocycles. The molecule has 3 rings (SSSR count). The molecular formula is C24H30N4O7S3. The van der Waals surface area contributed by atoms with E-state index in [2.05, 4.69) is 4.99 Å². The summed E-state index contributed by atoms with van der Waals surface area (Å²) in [6.45, 7) is 6.06. The van der Waals surface area contributed by atoms with Gasteiger partial charge in [-0.05, 0) is 55.8 Å². The Labute approximate surface area is 225 Å². The number of fused-ring (bicyclic) bond motifs is 1. The van der Waals surface area contributed by atoms with Crippen molar-refractivity contribution in [1.29, 1.82) is 0 Å². The fraction of sp³-hybridized carbons (Fsp3) is 0.375. The highest BCUT2D eigenvalue weighted by Gasteiger charge is 2.23. The lowest BCUT2D eigenvalue weighted by molar-refractivity contribution is -0.143. The lowest BCUT2D eigenvalue weighted by Gasteiger charge is -2.20. The van der Waals surface area contributed by atoms with Gasteiger partial charge in [-0.1, -0.05) is 31.6 Å². The van der Waals surface area contributed by atoms with Gasteiger partial charge in [0, 0.05) is 18.7 Å². The average molecular weight is 583 g/mol. The van der Waals surface area contributed by atoms with Crippen LogP contribution in [-0.4, -0.2) is 57.3 Å². The van der Waals surface area contributed by atoms with Crippen LogP contribution in [0.1, 0.15) is 44.0 Å². The summed E-state index contributed by atoms with van der Waals surface area (Å²) in [4.78, 5) is 29.5. The summed E-state index contributed by atoms with van der Waals surface area (Å²) in [5, 5.41) is 5.24. The molecule has 0 saturated heterocycles. The summed E-state index contributed by atoms with van der Waals surface area (Å²) in [6.07, 6.45) is 1.60.